The molecule has 3 rings (SSSR count). The van der Waals surface area contributed by atoms with E-state index in [1.54, 1.807) is 11.8 Å². The Morgan fingerprint density at radius 3 is 2.48 bits per heavy atom. The SMILES string of the molecule is CC(C)(C)C(=O)NCc1ccc(C(=O)CSc2ccc3ccccc3c2)s1. The van der Waals surface area contributed by atoms with E-state index in [-0.39, 0.29) is 11.7 Å². The van der Waals surface area contributed by atoms with Gasteiger partial charge in [-0.1, -0.05) is 51.1 Å². The average Bonchev–Trinajstić information content (AvgIpc) is 3.12. The molecule has 3 aromatic rings. The van der Waals surface area contributed by atoms with Crippen LogP contribution in [-0.4, -0.2) is 17.4 Å². The number of carbonyl (C=O) groups excluding carboxylic acids is 2. The van der Waals surface area contributed by atoms with E-state index >= 15 is 0 Å². The van der Waals surface area contributed by atoms with Gasteiger partial charge < -0.3 is 5.32 Å². The van der Waals surface area contributed by atoms with E-state index in [0.29, 0.717) is 12.3 Å². The van der Waals surface area contributed by atoms with Crippen molar-refractivity contribution in [1.82, 2.24) is 5.32 Å². The van der Waals surface area contributed by atoms with Crippen LogP contribution in [0.4, 0.5) is 0 Å². The van der Waals surface area contributed by atoms with Gasteiger partial charge in [-0.3, -0.25) is 9.59 Å². The molecule has 0 aliphatic carbocycles. The van der Waals surface area contributed by atoms with Crippen LogP contribution < -0.4 is 5.32 Å². The number of rotatable bonds is 6. The molecule has 0 spiro atoms. The molecule has 0 saturated heterocycles. The van der Waals surface area contributed by atoms with Crippen molar-refractivity contribution in [1.29, 1.82) is 0 Å². The zero-order chi connectivity index (χ0) is 19.4. The summed E-state index contributed by atoms with van der Waals surface area (Å²) in [5, 5.41) is 5.31. The molecule has 0 atom stereocenters. The summed E-state index contributed by atoms with van der Waals surface area (Å²) in [5.74, 6) is 0.536. The summed E-state index contributed by atoms with van der Waals surface area (Å²) in [6.45, 7) is 6.12. The van der Waals surface area contributed by atoms with Crippen molar-refractivity contribution in [2.24, 2.45) is 5.41 Å². The van der Waals surface area contributed by atoms with Crippen molar-refractivity contribution in [3.8, 4) is 0 Å². The Morgan fingerprint density at radius 2 is 1.74 bits per heavy atom. The average molecular weight is 398 g/mol. The largest absolute Gasteiger partial charge is 0.351 e. The number of thioether (sulfide) groups is 1. The number of thiophene rings is 1. The minimum atomic E-state index is -0.410. The first-order valence-electron chi connectivity index (χ1n) is 8.85. The molecule has 1 amide bonds. The number of hydrogen-bond donors (Lipinski definition) is 1. The van der Waals surface area contributed by atoms with Crippen molar-refractivity contribution < 1.29 is 9.59 Å². The van der Waals surface area contributed by atoms with E-state index in [2.05, 4.69) is 35.6 Å². The molecule has 0 fully saturated rings. The monoisotopic (exact) mass is 397 g/mol. The molecule has 27 heavy (non-hydrogen) atoms. The summed E-state index contributed by atoms with van der Waals surface area (Å²) in [6.07, 6.45) is 0. The number of ketones is 1. The van der Waals surface area contributed by atoms with Crippen molar-refractivity contribution in [3.05, 3.63) is 64.4 Å². The fourth-order valence-corrected chi connectivity index (χ4v) is 4.34. The third kappa shape index (κ3) is 5.21. The predicted octanol–water partition coefficient (Wildman–Crippen LogP) is 5.54. The Kier molecular flexibility index (Phi) is 6.02. The second kappa shape index (κ2) is 8.28. The quantitative estimate of drug-likeness (QED) is 0.439. The summed E-state index contributed by atoms with van der Waals surface area (Å²) < 4.78 is 0. The normalized spacial score (nSPS) is 11.5. The number of amides is 1. The van der Waals surface area contributed by atoms with Gasteiger partial charge in [-0.25, -0.2) is 0 Å². The van der Waals surface area contributed by atoms with Gasteiger partial charge in [-0.15, -0.1) is 23.1 Å². The zero-order valence-corrected chi connectivity index (χ0v) is 17.4. The number of benzene rings is 2. The highest BCUT2D eigenvalue weighted by Gasteiger charge is 2.21. The zero-order valence-electron chi connectivity index (χ0n) is 15.7. The summed E-state index contributed by atoms with van der Waals surface area (Å²) >= 11 is 3.01. The number of fused-ring (bicyclic) bond motifs is 1. The van der Waals surface area contributed by atoms with Gasteiger partial charge in [0.2, 0.25) is 5.91 Å². The van der Waals surface area contributed by atoms with Gasteiger partial charge in [0.15, 0.2) is 5.78 Å². The van der Waals surface area contributed by atoms with E-state index in [9.17, 15) is 9.59 Å². The van der Waals surface area contributed by atoms with Crippen LogP contribution >= 0.6 is 23.1 Å². The van der Waals surface area contributed by atoms with Crippen molar-refractivity contribution >= 4 is 45.6 Å². The first-order chi connectivity index (χ1) is 12.8. The van der Waals surface area contributed by atoms with Crippen LogP contribution in [0.15, 0.2) is 59.5 Å². The van der Waals surface area contributed by atoms with Crippen molar-refractivity contribution in [2.75, 3.05) is 5.75 Å². The molecule has 1 N–H and O–H groups in total. The first-order valence-corrected chi connectivity index (χ1v) is 10.6. The number of carbonyl (C=O) groups is 2. The summed E-state index contributed by atoms with van der Waals surface area (Å²) in [7, 11) is 0. The maximum absolute atomic E-state index is 12.5. The number of nitrogens with one attached hydrogen (secondary N) is 1. The molecular weight excluding hydrogens is 374 g/mol. The lowest BCUT2D eigenvalue weighted by atomic mass is 9.96. The van der Waals surface area contributed by atoms with Crippen LogP contribution in [0, 0.1) is 5.41 Å². The molecule has 0 aliphatic heterocycles. The van der Waals surface area contributed by atoms with E-state index in [4.69, 9.17) is 0 Å². The predicted molar refractivity (Wildman–Crippen MR) is 115 cm³/mol. The molecule has 0 unspecified atom stereocenters. The van der Waals surface area contributed by atoms with Crippen LogP contribution in [-0.2, 0) is 11.3 Å². The molecule has 1 heterocycles. The molecular formula is C22H23NO2S2. The molecule has 0 aliphatic rings. The Hall–Kier alpha value is -2.11. The molecule has 0 bridgehead atoms. The second-order valence-corrected chi connectivity index (χ2v) is 9.64. The van der Waals surface area contributed by atoms with Crippen LogP contribution in [0.2, 0.25) is 0 Å². The molecule has 140 valence electrons. The standard InChI is InChI=1S/C22H23NO2S2/c1-22(2,3)21(25)23-13-18-10-11-20(27-18)19(24)14-26-17-9-8-15-6-4-5-7-16(15)12-17/h4-12H,13-14H2,1-3H3,(H,23,25). The smallest absolute Gasteiger partial charge is 0.225 e. The van der Waals surface area contributed by atoms with Gasteiger partial charge in [0.25, 0.3) is 0 Å². The van der Waals surface area contributed by atoms with Crippen molar-refractivity contribution in [2.45, 2.75) is 32.2 Å². The Labute approximate surface area is 168 Å². The molecule has 0 saturated carbocycles. The Bertz CT molecular complexity index is 970. The topological polar surface area (TPSA) is 46.2 Å². The Balaban J connectivity index is 1.56. The third-order valence-corrected chi connectivity index (χ3v) is 6.25. The third-order valence-electron chi connectivity index (χ3n) is 4.13. The van der Waals surface area contributed by atoms with Crippen LogP contribution in [0.3, 0.4) is 0 Å². The highest BCUT2D eigenvalue weighted by Crippen LogP contribution is 2.26. The fraction of sp³-hybridized carbons (Fsp3) is 0.273. The van der Waals surface area contributed by atoms with Gasteiger partial charge in [0.1, 0.15) is 0 Å². The number of hydrogen-bond acceptors (Lipinski definition) is 4. The fourth-order valence-electron chi connectivity index (χ4n) is 2.53. The van der Waals surface area contributed by atoms with Gasteiger partial charge in [-0.2, -0.15) is 0 Å². The van der Waals surface area contributed by atoms with E-state index in [1.807, 2.05) is 45.0 Å². The lowest BCUT2D eigenvalue weighted by Crippen LogP contribution is -2.34. The molecule has 0 radical (unpaired) electrons. The van der Waals surface area contributed by atoms with E-state index in [0.717, 1.165) is 14.6 Å². The molecule has 2 aromatic carbocycles. The minimum absolute atomic E-state index is 0.00985. The molecule has 5 heteroatoms. The van der Waals surface area contributed by atoms with Gasteiger partial charge in [0.05, 0.1) is 17.2 Å². The second-order valence-electron chi connectivity index (χ2n) is 7.42. The van der Waals surface area contributed by atoms with Crippen molar-refractivity contribution in [3.63, 3.8) is 0 Å². The number of Topliss-reactive ketones (excluding diaryl/α,β-unsaturated/α-hetero) is 1. The summed E-state index contributed by atoms with van der Waals surface area (Å²) in [6, 6.07) is 18.2. The van der Waals surface area contributed by atoms with Crippen LogP contribution in [0.25, 0.3) is 10.8 Å². The highest BCUT2D eigenvalue weighted by atomic mass is 32.2. The maximum atomic E-state index is 12.5. The lowest BCUT2D eigenvalue weighted by Gasteiger charge is -2.17. The summed E-state index contributed by atoms with van der Waals surface area (Å²) in [5.41, 5.74) is -0.410. The van der Waals surface area contributed by atoms with Gasteiger partial charge in [0, 0.05) is 15.2 Å². The minimum Gasteiger partial charge on any atom is -0.351 e. The van der Waals surface area contributed by atoms with E-state index < -0.39 is 5.41 Å². The Morgan fingerprint density at radius 1 is 1.00 bits per heavy atom. The van der Waals surface area contributed by atoms with E-state index in [1.165, 1.54) is 22.1 Å². The molecule has 3 nitrogen and oxygen atoms in total. The van der Waals surface area contributed by atoms with Crippen LogP contribution in [0.1, 0.15) is 35.3 Å². The lowest BCUT2D eigenvalue weighted by molar-refractivity contribution is -0.128. The maximum Gasteiger partial charge on any atom is 0.225 e. The summed E-state index contributed by atoms with van der Waals surface area (Å²) in [4.78, 5) is 27.3. The molecule has 1 aromatic heterocycles. The first kappa shape index (κ1) is 19.6. The highest BCUT2D eigenvalue weighted by molar-refractivity contribution is 8.00. The van der Waals surface area contributed by atoms with Crippen LogP contribution in [0.5, 0.6) is 0 Å². The van der Waals surface area contributed by atoms with Gasteiger partial charge in [-0.05, 0) is 35.0 Å². The van der Waals surface area contributed by atoms with Gasteiger partial charge >= 0.3 is 0 Å².